The summed E-state index contributed by atoms with van der Waals surface area (Å²) in [7, 11) is 0. The van der Waals surface area contributed by atoms with Gasteiger partial charge >= 0.3 is 0 Å². The van der Waals surface area contributed by atoms with Crippen molar-refractivity contribution < 1.29 is 9.53 Å². The quantitative estimate of drug-likeness (QED) is 0.439. The molecule has 1 aromatic rings. The molecule has 1 unspecified atom stereocenters. The second-order valence-corrected chi connectivity index (χ2v) is 11.5. The summed E-state index contributed by atoms with van der Waals surface area (Å²) in [6.45, 7) is 12.3. The molecule has 1 amide bonds. The highest BCUT2D eigenvalue weighted by molar-refractivity contribution is 5.81. The molecule has 2 fully saturated rings. The van der Waals surface area contributed by atoms with Crippen LogP contribution < -0.4 is 15.4 Å². The van der Waals surface area contributed by atoms with Crippen LogP contribution in [0.4, 0.5) is 5.69 Å². The van der Waals surface area contributed by atoms with Gasteiger partial charge in [-0.2, -0.15) is 0 Å². The molecule has 1 aliphatic carbocycles. The standard InChI is InChI=1S/C29H49N3O2/c1-22(2)16-18-32(26-11-8-17-31(20-26)29(33)28(30)19-23(3)4)25-12-14-27(15-13-25)34-21-24-9-6-5-7-10-24/h12-15,22-24,26,28H,5-11,16-21,30H2,1-4H3/t26-,28?/m0/s1. The lowest BCUT2D eigenvalue weighted by Gasteiger charge is -2.41. The molecular weight excluding hydrogens is 422 g/mol. The Hall–Kier alpha value is -1.75. The third-order valence-electron chi connectivity index (χ3n) is 7.52. The molecule has 2 atom stereocenters. The van der Waals surface area contributed by atoms with Crippen LogP contribution in [0.2, 0.25) is 0 Å². The molecule has 192 valence electrons. The number of benzene rings is 1. The van der Waals surface area contributed by atoms with Crippen LogP contribution in [-0.4, -0.2) is 49.1 Å². The number of nitrogens with two attached hydrogens (primary N) is 1. The topological polar surface area (TPSA) is 58.8 Å². The zero-order chi connectivity index (χ0) is 24.5. The molecule has 34 heavy (non-hydrogen) atoms. The number of hydrogen-bond donors (Lipinski definition) is 1. The van der Waals surface area contributed by atoms with Gasteiger partial charge in [0.25, 0.3) is 0 Å². The van der Waals surface area contributed by atoms with Crippen molar-refractivity contribution in [1.82, 2.24) is 4.90 Å². The Morgan fingerprint density at radius 2 is 1.74 bits per heavy atom. The first-order valence-corrected chi connectivity index (χ1v) is 13.9. The van der Waals surface area contributed by atoms with Gasteiger partial charge in [-0.3, -0.25) is 4.79 Å². The molecule has 0 radical (unpaired) electrons. The van der Waals surface area contributed by atoms with E-state index in [4.69, 9.17) is 10.5 Å². The number of carbonyl (C=O) groups excluding carboxylic acids is 1. The van der Waals surface area contributed by atoms with Gasteiger partial charge in [0.15, 0.2) is 0 Å². The molecule has 1 saturated heterocycles. The number of amides is 1. The monoisotopic (exact) mass is 471 g/mol. The van der Waals surface area contributed by atoms with Crippen molar-refractivity contribution in [2.24, 2.45) is 23.5 Å². The zero-order valence-corrected chi connectivity index (χ0v) is 22.2. The minimum atomic E-state index is -0.386. The van der Waals surface area contributed by atoms with Gasteiger partial charge in [0.05, 0.1) is 12.6 Å². The first-order chi connectivity index (χ1) is 16.3. The third-order valence-corrected chi connectivity index (χ3v) is 7.52. The number of carbonyl (C=O) groups is 1. The number of likely N-dealkylation sites (tertiary alicyclic amines) is 1. The van der Waals surface area contributed by atoms with Crippen molar-refractivity contribution in [3.8, 4) is 5.75 Å². The van der Waals surface area contributed by atoms with Crippen molar-refractivity contribution in [2.45, 2.75) is 97.6 Å². The van der Waals surface area contributed by atoms with Crippen molar-refractivity contribution in [2.75, 3.05) is 31.1 Å². The predicted octanol–water partition coefficient (Wildman–Crippen LogP) is 5.86. The van der Waals surface area contributed by atoms with E-state index in [0.717, 1.165) is 57.7 Å². The van der Waals surface area contributed by atoms with Gasteiger partial charge in [0.2, 0.25) is 5.91 Å². The Bertz CT molecular complexity index is 727. The lowest BCUT2D eigenvalue weighted by atomic mass is 9.90. The summed E-state index contributed by atoms with van der Waals surface area (Å²) < 4.78 is 6.15. The fourth-order valence-electron chi connectivity index (χ4n) is 5.47. The van der Waals surface area contributed by atoms with E-state index in [2.05, 4.69) is 56.9 Å². The molecule has 5 nitrogen and oxygen atoms in total. The summed E-state index contributed by atoms with van der Waals surface area (Å²) in [5.74, 6) is 2.87. The highest BCUT2D eigenvalue weighted by atomic mass is 16.5. The Labute approximate surface area is 208 Å². The summed E-state index contributed by atoms with van der Waals surface area (Å²) in [5.41, 5.74) is 7.49. The second-order valence-electron chi connectivity index (χ2n) is 11.5. The molecular formula is C29H49N3O2. The van der Waals surface area contributed by atoms with E-state index in [-0.39, 0.29) is 11.9 Å². The van der Waals surface area contributed by atoms with Gasteiger partial charge in [-0.05, 0) is 80.5 Å². The van der Waals surface area contributed by atoms with Gasteiger partial charge in [-0.1, -0.05) is 47.0 Å². The maximum Gasteiger partial charge on any atom is 0.239 e. The van der Waals surface area contributed by atoms with Gasteiger partial charge in [0, 0.05) is 31.4 Å². The van der Waals surface area contributed by atoms with E-state index in [1.54, 1.807) is 0 Å². The van der Waals surface area contributed by atoms with Crippen LogP contribution in [0.25, 0.3) is 0 Å². The van der Waals surface area contributed by atoms with Crippen LogP contribution in [0.15, 0.2) is 24.3 Å². The third kappa shape index (κ3) is 8.18. The summed E-state index contributed by atoms with van der Waals surface area (Å²) >= 11 is 0. The minimum Gasteiger partial charge on any atom is -0.493 e. The normalized spacial score (nSPS) is 20.6. The molecule has 0 spiro atoms. The summed E-state index contributed by atoms with van der Waals surface area (Å²) in [6, 6.07) is 8.62. The van der Waals surface area contributed by atoms with E-state index in [9.17, 15) is 4.79 Å². The SMILES string of the molecule is CC(C)CCN(c1ccc(OCC2CCCCC2)cc1)[C@H]1CCCN(C(=O)C(N)CC(C)C)C1. The second kappa shape index (κ2) is 13.4. The molecule has 0 aromatic heterocycles. The zero-order valence-electron chi connectivity index (χ0n) is 22.2. The fourth-order valence-corrected chi connectivity index (χ4v) is 5.47. The average molecular weight is 472 g/mol. The predicted molar refractivity (Wildman–Crippen MR) is 142 cm³/mol. The van der Waals surface area contributed by atoms with E-state index in [0.29, 0.717) is 23.8 Å². The van der Waals surface area contributed by atoms with E-state index < -0.39 is 0 Å². The summed E-state index contributed by atoms with van der Waals surface area (Å²) in [4.78, 5) is 17.6. The smallest absolute Gasteiger partial charge is 0.239 e. The fraction of sp³-hybridized carbons (Fsp3) is 0.759. The maximum atomic E-state index is 13.0. The van der Waals surface area contributed by atoms with Crippen molar-refractivity contribution >= 4 is 11.6 Å². The molecule has 1 aromatic carbocycles. The first-order valence-electron chi connectivity index (χ1n) is 13.9. The largest absolute Gasteiger partial charge is 0.493 e. The lowest BCUT2D eigenvalue weighted by molar-refractivity contribution is -0.134. The lowest BCUT2D eigenvalue weighted by Crippen LogP contribution is -2.54. The summed E-state index contributed by atoms with van der Waals surface area (Å²) in [6.07, 6.45) is 10.7. The molecule has 2 N–H and O–H groups in total. The van der Waals surface area contributed by atoms with Gasteiger partial charge in [-0.25, -0.2) is 0 Å². The maximum absolute atomic E-state index is 13.0. The highest BCUT2D eigenvalue weighted by Crippen LogP contribution is 2.28. The Kier molecular flexibility index (Phi) is 10.6. The van der Waals surface area contributed by atoms with Crippen LogP contribution >= 0.6 is 0 Å². The van der Waals surface area contributed by atoms with Gasteiger partial charge in [-0.15, -0.1) is 0 Å². The number of nitrogens with zero attached hydrogens (tertiary/aromatic N) is 2. The average Bonchev–Trinajstić information content (AvgIpc) is 2.83. The molecule has 1 heterocycles. The van der Waals surface area contributed by atoms with E-state index in [1.165, 1.54) is 37.8 Å². The number of ether oxygens (including phenoxy) is 1. The van der Waals surface area contributed by atoms with E-state index in [1.807, 2.05) is 4.90 Å². The molecule has 2 aliphatic rings. The summed E-state index contributed by atoms with van der Waals surface area (Å²) in [5, 5.41) is 0. The highest BCUT2D eigenvalue weighted by Gasteiger charge is 2.30. The van der Waals surface area contributed by atoms with E-state index >= 15 is 0 Å². The number of hydrogen-bond acceptors (Lipinski definition) is 4. The Morgan fingerprint density at radius 1 is 1.03 bits per heavy atom. The van der Waals surface area contributed by atoms with Crippen molar-refractivity contribution in [3.63, 3.8) is 0 Å². The van der Waals surface area contributed by atoms with Crippen LogP contribution in [0.3, 0.4) is 0 Å². The van der Waals surface area contributed by atoms with Crippen molar-refractivity contribution in [3.05, 3.63) is 24.3 Å². The molecule has 1 aliphatic heterocycles. The number of piperidine rings is 1. The van der Waals surface area contributed by atoms with Gasteiger partial charge < -0.3 is 20.3 Å². The first kappa shape index (κ1) is 26.8. The van der Waals surface area contributed by atoms with Crippen LogP contribution in [0.1, 0.15) is 85.5 Å². The van der Waals surface area contributed by atoms with Crippen LogP contribution in [0, 0.1) is 17.8 Å². The minimum absolute atomic E-state index is 0.119. The molecule has 0 bridgehead atoms. The molecule has 5 heteroatoms. The number of rotatable bonds is 11. The van der Waals surface area contributed by atoms with Crippen LogP contribution in [-0.2, 0) is 4.79 Å². The molecule has 1 saturated carbocycles. The molecule has 3 rings (SSSR count). The Morgan fingerprint density at radius 3 is 2.38 bits per heavy atom. The number of anilines is 1. The van der Waals surface area contributed by atoms with Crippen LogP contribution in [0.5, 0.6) is 5.75 Å². The van der Waals surface area contributed by atoms with Crippen molar-refractivity contribution in [1.29, 1.82) is 0 Å². The Balaban J connectivity index is 1.65. The van der Waals surface area contributed by atoms with Gasteiger partial charge in [0.1, 0.15) is 5.75 Å².